The van der Waals surface area contributed by atoms with E-state index in [1.165, 1.54) is 11.1 Å². The summed E-state index contributed by atoms with van der Waals surface area (Å²) in [5.74, 6) is 0.983. The van der Waals surface area contributed by atoms with Gasteiger partial charge in [-0.25, -0.2) is 0 Å². The van der Waals surface area contributed by atoms with Crippen molar-refractivity contribution >= 4 is 17.2 Å². The van der Waals surface area contributed by atoms with Gasteiger partial charge in [-0.05, 0) is 18.6 Å². The van der Waals surface area contributed by atoms with Crippen LogP contribution in [-0.2, 0) is 6.42 Å². The van der Waals surface area contributed by atoms with Crippen LogP contribution in [0.4, 0.5) is 0 Å². The van der Waals surface area contributed by atoms with E-state index in [0.717, 1.165) is 12.2 Å². The summed E-state index contributed by atoms with van der Waals surface area (Å²) >= 11 is 4.87. The Morgan fingerprint density at radius 3 is 3.14 bits per heavy atom. The Labute approximate surface area is 89.1 Å². The molecule has 2 N–H and O–H groups in total. The summed E-state index contributed by atoms with van der Waals surface area (Å²) in [5.41, 5.74) is 8.03. The summed E-state index contributed by atoms with van der Waals surface area (Å²) in [7, 11) is 0. The van der Waals surface area contributed by atoms with Crippen molar-refractivity contribution in [1.82, 2.24) is 0 Å². The van der Waals surface area contributed by atoms with Crippen molar-refractivity contribution in [3.8, 4) is 5.75 Å². The maximum atomic E-state index is 5.71. The van der Waals surface area contributed by atoms with Crippen LogP contribution in [0.15, 0.2) is 18.2 Å². The molecule has 2 nitrogen and oxygen atoms in total. The lowest BCUT2D eigenvalue weighted by molar-refractivity contribution is 0.242. The lowest BCUT2D eigenvalue weighted by atomic mass is 10.1. The van der Waals surface area contributed by atoms with E-state index in [-0.39, 0.29) is 6.10 Å². The van der Waals surface area contributed by atoms with E-state index >= 15 is 0 Å². The molecule has 1 atom stereocenters. The van der Waals surface area contributed by atoms with Gasteiger partial charge in [-0.15, -0.1) is 0 Å². The van der Waals surface area contributed by atoms with Crippen LogP contribution in [-0.4, -0.2) is 11.1 Å². The van der Waals surface area contributed by atoms with E-state index in [0.29, 0.717) is 11.4 Å². The molecule has 0 amide bonds. The molecule has 1 aromatic rings. The predicted molar refractivity (Wildman–Crippen MR) is 60.7 cm³/mol. The van der Waals surface area contributed by atoms with Gasteiger partial charge in [0.05, 0.1) is 4.99 Å². The first kappa shape index (κ1) is 9.46. The molecule has 2 rings (SSSR count). The number of rotatable bonds is 2. The Hall–Kier alpha value is -1.09. The maximum Gasteiger partial charge on any atom is 0.123 e. The Balaban J connectivity index is 2.14. The first-order valence-electron chi connectivity index (χ1n) is 4.69. The number of thiocarbonyl (C=S) groups is 1. The molecule has 3 heteroatoms. The number of hydrogen-bond donors (Lipinski definition) is 1. The highest BCUT2D eigenvalue weighted by Gasteiger charge is 2.22. The molecule has 1 unspecified atom stereocenters. The molecule has 0 fully saturated rings. The lowest BCUT2D eigenvalue weighted by Crippen LogP contribution is -2.21. The molecule has 0 radical (unpaired) electrons. The van der Waals surface area contributed by atoms with Gasteiger partial charge in [-0.1, -0.05) is 29.9 Å². The Morgan fingerprint density at radius 2 is 2.43 bits per heavy atom. The van der Waals surface area contributed by atoms with E-state index in [9.17, 15) is 0 Å². The van der Waals surface area contributed by atoms with E-state index in [1.807, 2.05) is 6.07 Å². The highest BCUT2D eigenvalue weighted by molar-refractivity contribution is 7.80. The molecule has 0 saturated carbocycles. The van der Waals surface area contributed by atoms with E-state index in [1.54, 1.807) is 0 Å². The minimum Gasteiger partial charge on any atom is -0.489 e. The molecule has 1 aliphatic heterocycles. The SMILES string of the molecule is Cc1ccc2c(c1)CC(CC(N)=S)O2. The van der Waals surface area contributed by atoms with Crippen molar-refractivity contribution < 1.29 is 4.74 Å². The molecule has 1 aliphatic rings. The minimum atomic E-state index is 0.143. The van der Waals surface area contributed by atoms with Crippen molar-refractivity contribution in [1.29, 1.82) is 0 Å². The van der Waals surface area contributed by atoms with Crippen molar-refractivity contribution in [2.45, 2.75) is 25.9 Å². The molecule has 0 aliphatic carbocycles. The van der Waals surface area contributed by atoms with E-state index in [4.69, 9.17) is 22.7 Å². The summed E-state index contributed by atoms with van der Waals surface area (Å²) in [4.78, 5) is 0.527. The number of aryl methyl sites for hydroxylation is 1. The molecular formula is C11H13NOS. The molecule has 0 spiro atoms. The second-order valence-electron chi connectivity index (χ2n) is 3.73. The molecule has 1 aromatic carbocycles. The summed E-state index contributed by atoms with van der Waals surface area (Å²) in [6, 6.07) is 6.24. The van der Waals surface area contributed by atoms with Gasteiger partial charge in [0.1, 0.15) is 11.9 Å². The first-order chi connectivity index (χ1) is 6.65. The van der Waals surface area contributed by atoms with Gasteiger partial charge in [-0.3, -0.25) is 0 Å². The van der Waals surface area contributed by atoms with Crippen LogP contribution in [0.1, 0.15) is 17.5 Å². The first-order valence-corrected chi connectivity index (χ1v) is 5.10. The van der Waals surface area contributed by atoms with Crippen LogP contribution in [0, 0.1) is 6.92 Å². The number of fused-ring (bicyclic) bond motifs is 1. The normalized spacial score (nSPS) is 18.8. The zero-order valence-corrected chi connectivity index (χ0v) is 8.93. The average Bonchev–Trinajstić information content (AvgIpc) is 2.44. The predicted octanol–water partition coefficient (Wildman–Crippen LogP) is 1.97. The number of hydrogen-bond acceptors (Lipinski definition) is 2. The van der Waals surface area contributed by atoms with Gasteiger partial charge in [-0.2, -0.15) is 0 Å². The van der Waals surface area contributed by atoms with Gasteiger partial charge in [0.15, 0.2) is 0 Å². The highest BCUT2D eigenvalue weighted by atomic mass is 32.1. The van der Waals surface area contributed by atoms with Crippen molar-refractivity contribution in [2.75, 3.05) is 0 Å². The van der Waals surface area contributed by atoms with Gasteiger partial charge >= 0.3 is 0 Å². The van der Waals surface area contributed by atoms with Gasteiger partial charge < -0.3 is 10.5 Å². The smallest absolute Gasteiger partial charge is 0.123 e. The standard InChI is InChI=1S/C11H13NOS/c1-7-2-3-10-8(4-7)5-9(13-10)6-11(12)14/h2-4,9H,5-6H2,1H3,(H2,12,14). The molecule has 1 heterocycles. The Kier molecular flexibility index (Phi) is 2.42. The van der Waals surface area contributed by atoms with Crippen molar-refractivity contribution in [3.63, 3.8) is 0 Å². The van der Waals surface area contributed by atoms with Crippen LogP contribution in [0.5, 0.6) is 5.75 Å². The molecule has 14 heavy (non-hydrogen) atoms. The van der Waals surface area contributed by atoms with Crippen LogP contribution >= 0.6 is 12.2 Å². The van der Waals surface area contributed by atoms with E-state index in [2.05, 4.69) is 19.1 Å². The quantitative estimate of drug-likeness (QED) is 0.753. The molecular weight excluding hydrogens is 194 g/mol. The van der Waals surface area contributed by atoms with Crippen LogP contribution in [0.25, 0.3) is 0 Å². The summed E-state index contributed by atoms with van der Waals surface area (Å²) in [5, 5.41) is 0. The number of ether oxygens (including phenoxy) is 1. The number of benzene rings is 1. The average molecular weight is 207 g/mol. The summed E-state index contributed by atoms with van der Waals surface area (Å²) in [6.45, 7) is 2.08. The van der Waals surface area contributed by atoms with Crippen LogP contribution < -0.4 is 10.5 Å². The van der Waals surface area contributed by atoms with Gasteiger partial charge in [0.25, 0.3) is 0 Å². The summed E-state index contributed by atoms with van der Waals surface area (Å²) in [6.07, 6.45) is 1.74. The Morgan fingerprint density at radius 1 is 1.64 bits per heavy atom. The second-order valence-corrected chi connectivity index (χ2v) is 4.25. The molecule has 0 aromatic heterocycles. The van der Waals surface area contributed by atoms with Crippen molar-refractivity contribution in [3.05, 3.63) is 29.3 Å². The van der Waals surface area contributed by atoms with Crippen LogP contribution in [0.2, 0.25) is 0 Å². The molecule has 0 saturated heterocycles. The van der Waals surface area contributed by atoms with Gasteiger partial charge in [0.2, 0.25) is 0 Å². The fraction of sp³-hybridized carbons (Fsp3) is 0.364. The maximum absolute atomic E-state index is 5.71. The topological polar surface area (TPSA) is 35.2 Å². The fourth-order valence-corrected chi connectivity index (χ4v) is 1.97. The summed E-state index contributed by atoms with van der Waals surface area (Å²) < 4.78 is 5.71. The molecule has 74 valence electrons. The van der Waals surface area contributed by atoms with Gasteiger partial charge in [0, 0.05) is 12.8 Å². The second kappa shape index (κ2) is 3.58. The zero-order chi connectivity index (χ0) is 10.1. The third kappa shape index (κ3) is 1.87. The van der Waals surface area contributed by atoms with E-state index < -0.39 is 0 Å². The third-order valence-corrected chi connectivity index (χ3v) is 2.55. The largest absolute Gasteiger partial charge is 0.489 e. The lowest BCUT2D eigenvalue weighted by Gasteiger charge is -2.08. The Bertz CT molecular complexity index is 376. The fourth-order valence-electron chi connectivity index (χ4n) is 1.79. The third-order valence-electron chi connectivity index (χ3n) is 2.39. The van der Waals surface area contributed by atoms with Crippen LogP contribution in [0.3, 0.4) is 0 Å². The molecule has 0 bridgehead atoms. The van der Waals surface area contributed by atoms with Crippen molar-refractivity contribution in [2.24, 2.45) is 5.73 Å². The monoisotopic (exact) mass is 207 g/mol. The minimum absolute atomic E-state index is 0.143. The highest BCUT2D eigenvalue weighted by Crippen LogP contribution is 2.30. The number of nitrogens with two attached hydrogens (primary N) is 1. The zero-order valence-electron chi connectivity index (χ0n) is 8.12.